The van der Waals surface area contributed by atoms with Gasteiger partial charge < -0.3 is 31.1 Å². The molecule has 4 amide bonds. The molecule has 0 aromatic heterocycles. The molecule has 0 aliphatic carbocycles. The zero-order chi connectivity index (χ0) is 33.8. The fraction of sp³-hybridized carbons (Fsp3) is 0.677. The maximum Gasteiger partial charge on any atom is 0.408 e. The van der Waals surface area contributed by atoms with Crippen molar-refractivity contribution in [3.8, 4) is 0 Å². The Morgan fingerprint density at radius 3 is 1.95 bits per heavy atom. The average molecular weight is 641 g/mol. The molecule has 0 bridgehead atoms. The summed E-state index contributed by atoms with van der Waals surface area (Å²) in [6, 6.07) is 6.27. The molecule has 0 aliphatic rings. The molecule has 13 heteroatoms. The van der Waals surface area contributed by atoms with E-state index in [-0.39, 0.29) is 24.2 Å². The first-order valence-corrected chi connectivity index (χ1v) is 17.0. The molecular formula is C31H52N4O8S. The zero-order valence-electron chi connectivity index (χ0n) is 27.5. The fourth-order valence-electron chi connectivity index (χ4n) is 4.40. The molecule has 12 nitrogen and oxygen atoms in total. The van der Waals surface area contributed by atoms with E-state index in [2.05, 4.69) is 21.3 Å². The summed E-state index contributed by atoms with van der Waals surface area (Å²) in [4.78, 5) is 51.6. The quantitative estimate of drug-likeness (QED) is 0.183. The molecule has 250 valence electrons. The van der Waals surface area contributed by atoms with Crippen molar-refractivity contribution < 1.29 is 37.4 Å². The molecular weight excluding hydrogens is 588 g/mol. The molecule has 3 unspecified atom stereocenters. The minimum Gasteiger partial charge on any atom is -0.444 e. The van der Waals surface area contributed by atoms with Crippen LogP contribution in [0, 0.1) is 17.8 Å². The van der Waals surface area contributed by atoms with E-state index < -0.39 is 69.2 Å². The molecule has 5 atom stereocenters. The first-order valence-electron chi connectivity index (χ1n) is 15.0. The molecule has 0 heterocycles. The van der Waals surface area contributed by atoms with Crippen molar-refractivity contribution in [1.82, 2.24) is 21.3 Å². The summed E-state index contributed by atoms with van der Waals surface area (Å²) in [5, 5.41) is 21.8. The van der Waals surface area contributed by atoms with Crippen molar-refractivity contribution in [1.29, 1.82) is 0 Å². The molecule has 1 rings (SSSR count). The number of hydrogen-bond donors (Lipinski definition) is 5. The number of sulfone groups is 1. The normalized spacial score (nSPS) is 15.5. The summed E-state index contributed by atoms with van der Waals surface area (Å²) in [5.74, 6) is -3.17. The van der Waals surface area contributed by atoms with Gasteiger partial charge in [0.25, 0.3) is 0 Å². The van der Waals surface area contributed by atoms with Crippen LogP contribution >= 0.6 is 0 Å². The number of benzene rings is 1. The number of hydrogen-bond acceptors (Lipinski definition) is 8. The summed E-state index contributed by atoms with van der Waals surface area (Å²) in [5.41, 5.74) is 0.0462. The van der Waals surface area contributed by atoms with Gasteiger partial charge in [0.05, 0.1) is 17.9 Å². The third-order valence-electron chi connectivity index (χ3n) is 6.59. The fourth-order valence-corrected chi connectivity index (χ4v) is 5.24. The van der Waals surface area contributed by atoms with Crippen LogP contribution in [0.1, 0.15) is 73.8 Å². The lowest BCUT2D eigenvalue weighted by molar-refractivity contribution is -0.132. The Labute approximate surface area is 262 Å². The predicted octanol–water partition coefficient (Wildman–Crippen LogP) is 2.30. The minimum atomic E-state index is -3.69. The van der Waals surface area contributed by atoms with Gasteiger partial charge in [0.1, 0.15) is 27.5 Å². The highest BCUT2D eigenvalue weighted by atomic mass is 32.2. The van der Waals surface area contributed by atoms with E-state index in [1.54, 1.807) is 27.7 Å². The average Bonchev–Trinajstić information content (AvgIpc) is 2.87. The second-order valence-corrected chi connectivity index (χ2v) is 15.4. The Bertz CT molecular complexity index is 1200. The number of carbonyl (C=O) groups excluding carboxylic acids is 4. The van der Waals surface area contributed by atoms with Crippen LogP contribution in [0.5, 0.6) is 0 Å². The number of rotatable bonds is 16. The Kier molecular flexibility index (Phi) is 15.3. The van der Waals surface area contributed by atoms with Gasteiger partial charge in [-0.05, 0) is 51.0 Å². The summed E-state index contributed by atoms with van der Waals surface area (Å²) in [6.07, 6.45) is -0.935. The van der Waals surface area contributed by atoms with Crippen LogP contribution in [0.25, 0.3) is 0 Å². The van der Waals surface area contributed by atoms with E-state index in [4.69, 9.17) is 4.74 Å². The van der Waals surface area contributed by atoms with Gasteiger partial charge >= 0.3 is 6.09 Å². The zero-order valence-corrected chi connectivity index (χ0v) is 28.3. The summed E-state index contributed by atoms with van der Waals surface area (Å²) in [7, 11) is -3.69. The Morgan fingerprint density at radius 2 is 1.45 bits per heavy atom. The molecule has 0 fully saturated rings. The number of aliphatic hydroxyl groups excluding tert-OH is 1. The van der Waals surface area contributed by atoms with Gasteiger partial charge in [-0.25, -0.2) is 13.2 Å². The Hall–Kier alpha value is -3.19. The molecule has 44 heavy (non-hydrogen) atoms. The first-order chi connectivity index (χ1) is 20.2. The van der Waals surface area contributed by atoms with Gasteiger partial charge in [-0.2, -0.15) is 0 Å². The monoisotopic (exact) mass is 640 g/mol. The van der Waals surface area contributed by atoms with Crippen molar-refractivity contribution in [2.24, 2.45) is 17.8 Å². The van der Waals surface area contributed by atoms with Gasteiger partial charge in [0.2, 0.25) is 17.7 Å². The van der Waals surface area contributed by atoms with Crippen molar-refractivity contribution in [3.05, 3.63) is 35.9 Å². The molecule has 0 saturated heterocycles. The molecule has 1 aromatic rings. The second-order valence-electron chi connectivity index (χ2n) is 13.2. The molecule has 5 N–H and O–H groups in total. The van der Waals surface area contributed by atoms with Crippen LogP contribution in [0.2, 0.25) is 0 Å². The third kappa shape index (κ3) is 15.5. The molecule has 0 spiro atoms. The number of alkyl carbamates (subject to hydrolysis) is 1. The number of ether oxygens (including phenoxy) is 1. The van der Waals surface area contributed by atoms with E-state index in [0.29, 0.717) is 13.0 Å². The lowest BCUT2D eigenvalue weighted by Gasteiger charge is -2.30. The Morgan fingerprint density at radius 1 is 0.864 bits per heavy atom. The van der Waals surface area contributed by atoms with Gasteiger partial charge in [-0.3, -0.25) is 14.4 Å². The van der Waals surface area contributed by atoms with E-state index in [0.717, 1.165) is 11.8 Å². The summed E-state index contributed by atoms with van der Waals surface area (Å²) >= 11 is 0. The summed E-state index contributed by atoms with van der Waals surface area (Å²) < 4.78 is 29.3. The number of nitrogens with one attached hydrogen (secondary N) is 4. The Balaban J connectivity index is 2.96. The SMILES string of the molecule is CC(C)C[C@H](NC(=O)[C@H](CS(C)(=O)=O)NC(=O)OC(C)(C)C)C(O)CC(C)C(=O)NC(C(=O)NCc1ccccc1)C(C)C. The number of aliphatic hydroxyl groups is 1. The van der Waals surface area contributed by atoms with Crippen molar-refractivity contribution in [3.63, 3.8) is 0 Å². The van der Waals surface area contributed by atoms with Gasteiger partial charge in [0, 0.05) is 18.7 Å². The van der Waals surface area contributed by atoms with E-state index in [1.165, 1.54) is 0 Å². The molecule has 1 aromatic carbocycles. The second kappa shape index (κ2) is 17.3. The minimum absolute atomic E-state index is 0.0184. The largest absolute Gasteiger partial charge is 0.444 e. The smallest absolute Gasteiger partial charge is 0.408 e. The standard InChI is InChI=1S/C31H52N4O8S/c1-19(2)15-23(33-28(38)24(18-44(9,41)42)34-30(40)43-31(6,7)8)25(36)16-21(5)27(37)35-26(20(3)4)29(39)32-17-22-13-11-10-12-14-22/h10-14,19-21,23-26,36H,15-18H2,1-9H3,(H,32,39)(H,33,38)(H,34,40)(H,35,37)/t21?,23-,24-,25?,26?/m0/s1. The highest BCUT2D eigenvalue weighted by Crippen LogP contribution is 2.17. The highest BCUT2D eigenvalue weighted by Gasteiger charge is 2.33. The van der Waals surface area contributed by atoms with Crippen LogP contribution < -0.4 is 21.3 Å². The number of amides is 4. The first kappa shape index (κ1) is 38.8. The van der Waals surface area contributed by atoms with Gasteiger partial charge in [-0.15, -0.1) is 0 Å². The maximum atomic E-state index is 13.2. The van der Waals surface area contributed by atoms with Crippen LogP contribution in [0.3, 0.4) is 0 Å². The molecule has 0 aliphatic heterocycles. The van der Waals surface area contributed by atoms with Crippen molar-refractivity contribution in [2.45, 2.75) is 105 Å². The van der Waals surface area contributed by atoms with Crippen molar-refractivity contribution >= 4 is 33.7 Å². The number of carbonyl (C=O) groups is 4. The van der Waals surface area contributed by atoms with Gasteiger partial charge in [-0.1, -0.05) is 65.0 Å². The van der Waals surface area contributed by atoms with Crippen LogP contribution in [-0.4, -0.2) is 79.2 Å². The van der Waals surface area contributed by atoms with Gasteiger partial charge in [0.15, 0.2) is 0 Å². The molecule has 0 saturated carbocycles. The third-order valence-corrected chi connectivity index (χ3v) is 7.53. The van der Waals surface area contributed by atoms with E-state index in [9.17, 15) is 32.7 Å². The van der Waals surface area contributed by atoms with E-state index in [1.807, 2.05) is 58.0 Å². The highest BCUT2D eigenvalue weighted by molar-refractivity contribution is 7.90. The predicted molar refractivity (Wildman–Crippen MR) is 169 cm³/mol. The molecule has 0 radical (unpaired) electrons. The topological polar surface area (TPSA) is 180 Å². The summed E-state index contributed by atoms with van der Waals surface area (Å²) in [6.45, 7) is 14.2. The van der Waals surface area contributed by atoms with Crippen molar-refractivity contribution in [2.75, 3.05) is 12.0 Å². The van der Waals surface area contributed by atoms with E-state index >= 15 is 0 Å². The lowest BCUT2D eigenvalue weighted by Crippen LogP contribution is -2.56. The maximum absolute atomic E-state index is 13.2. The van der Waals surface area contributed by atoms with Crippen LogP contribution in [0.15, 0.2) is 30.3 Å². The van der Waals surface area contributed by atoms with Crippen LogP contribution in [0.4, 0.5) is 4.79 Å². The van der Waals surface area contributed by atoms with Crippen LogP contribution in [-0.2, 0) is 35.5 Å². The lowest BCUT2D eigenvalue weighted by atomic mass is 9.91.